The monoisotopic (exact) mass is 980 g/mol. The van der Waals surface area contributed by atoms with Crippen LogP contribution >= 0.6 is 0 Å². The van der Waals surface area contributed by atoms with Crippen molar-refractivity contribution < 1.29 is 25.2 Å². The van der Waals surface area contributed by atoms with Gasteiger partial charge in [-0.15, -0.1) is 29.7 Å². The number of hydrogen-bond donors (Lipinski definition) is 0. The second kappa shape index (κ2) is 16.3. The fraction of sp³-hybridized carbons (Fsp3) is 0.0357. The van der Waals surface area contributed by atoms with Crippen molar-refractivity contribution in [1.29, 1.82) is 0 Å². The van der Waals surface area contributed by atoms with E-state index < -0.39 is 6.98 Å². The Labute approximate surface area is 379 Å². The molecule has 6 heteroatoms. The van der Waals surface area contributed by atoms with Crippen LogP contribution in [0.1, 0.15) is 9.68 Å². The average Bonchev–Trinajstić information content (AvgIpc) is 3.89. The largest absolute Gasteiger partial charge is 0.357 e. The Hall–Kier alpha value is -7.33. The van der Waals surface area contributed by atoms with Crippen LogP contribution in [0.3, 0.4) is 0 Å². The van der Waals surface area contributed by atoms with Gasteiger partial charge in [-0.1, -0.05) is 144 Å². The summed E-state index contributed by atoms with van der Waals surface area (Å²) < 4.78 is 30.6. The number of hydrogen-bond acceptors (Lipinski definition) is 2. The van der Waals surface area contributed by atoms with Gasteiger partial charge in [-0.05, 0) is 70.5 Å². The number of para-hydroxylation sites is 4. The number of nitrogens with zero attached hydrogens (tertiary/aromatic N) is 5. The van der Waals surface area contributed by atoms with Gasteiger partial charge in [0.15, 0.2) is 17.4 Å². The van der Waals surface area contributed by atoms with E-state index in [4.69, 9.17) is 9.10 Å². The van der Waals surface area contributed by atoms with Crippen LogP contribution in [0.2, 0.25) is 0 Å². The van der Waals surface area contributed by atoms with Gasteiger partial charge in [0.05, 0.1) is 5.69 Å². The number of fused-ring (bicyclic) bond motifs is 4. The van der Waals surface area contributed by atoms with Crippen molar-refractivity contribution in [2.24, 2.45) is 6.98 Å². The minimum atomic E-state index is -2.38. The molecule has 11 aromatic rings. The van der Waals surface area contributed by atoms with Crippen molar-refractivity contribution in [3.63, 3.8) is 0 Å². The van der Waals surface area contributed by atoms with Crippen LogP contribution in [0.15, 0.2) is 207 Å². The van der Waals surface area contributed by atoms with Crippen molar-refractivity contribution >= 4 is 49.9 Å². The predicted molar refractivity (Wildman–Crippen MR) is 252 cm³/mol. The first-order valence-electron chi connectivity index (χ1n) is 21.9. The van der Waals surface area contributed by atoms with Gasteiger partial charge in [0.2, 0.25) is 0 Å². The molecule has 0 aliphatic carbocycles. The van der Waals surface area contributed by atoms with E-state index in [0.29, 0.717) is 11.2 Å². The van der Waals surface area contributed by atoms with Crippen LogP contribution in [0, 0.1) is 19.1 Å². The fourth-order valence-electron chi connectivity index (χ4n) is 8.73. The summed E-state index contributed by atoms with van der Waals surface area (Å²) in [6.07, 6.45) is 3.54. The molecule has 0 N–H and O–H groups in total. The van der Waals surface area contributed by atoms with Crippen LogP contribution in [0.25, 0.3) is 77.7 Å². The maximum absolute atomic E-state index is 8.38. The first-order chi connectivity index (χ1) is 31.3. The first-order valence-corrected chi connectivity index (χ1v) is 20.4. The van der Waals surface area contributed by atoms with Gasteiger partial charge in [0.25, 0.3) is 0 Å². The Morgan fingerprint density at radius 1 is 0.548 bits per heavy atom. The van der Waals surface area contributed by atoms with Gasteiger partial charge in [-0.2, -0.15) is 12.1 Å². The second-order valence-corrected chi connectivity index (χ2v) is 15.2. The first kappa shape index (κ1) is 35.4. The molecule has 3 heterocycles. The quantitative estimate of drug-likeness (QED) is 0.142. The molecule has 0 saturated heterocycles. The Morgan fingerprint density at radius 2 is 1.18 bits per heavy atom. The summed E-state index contributed by atoms with van der Waals surface area (Å²) >= 11 is 0. The maximum Gasteiger partial charge on any atom is 0.188 e. The van der Waals surface area contributed by atoms with Crippen LogP contribution in [0.5, 0.6) is 0 Å². The van der Waals surface area contributed by atoms with Crippen molar-refractivity contribution in [2.75, 3.05) is 4.90 Å². The smallest absolute Gasteiger partial charge is 0.188 e. The number of imidazole rings is 1. The molecule has 0 aliphatic heterocycles. The summed E-state index contributed by atoms with van der Waals surface area (Å²) in [6, 6.07) is 74.1. The summed E-state index contributed by atoms with van der Waals surface area (Å²) in [5, 5.41) is 2.15. The molecule has 0 aliphatic rings. The molecule has 0 atom stereocenters. The van der Waals surface area contributed by atoms with Gasteiger partial charge in [0.1, 0.15) is 5.82 Å². The number of pyridine rings is 1. The normalized spacial score (nSPS) is 12.2. The molecule has 3 aromatic heterocycles. The van der Waals surface area contributed by atoms with Crippen LogP contribution in [0.4, 0.5) is 17.1 Å². The van der Waals surface area contributed by atoms with E-state index in [1.165, 1.54) is 10.1 Å². The molecule has 0 spiro atoms. The third kappa shape index (κ3) is 6.72. The summed E-state index contributed by atoms with van der Waals surface area (Å²) in [5.74, 6) is 0.789. The molecule has 0 radical (unpaired) electrons. The summed E-state index contributed by atoms with van der Waals surface area (Å²) in [4.78, 5) is 7.25. The minimum Gasteiger partial charge on any atom is -0.357 e. The van der Waals surface area contributed by atoms with E-state index in [-0.39, 0.29) is 21.1 Å². The summed E-state index contributed by atoms with van der Waals surface area (Å²) in [5.41, 5.74) is 14.0. The number of rotatable bonds is 8. The molecule has 0 bridgehead atoms. The molecule has 11 rings (SSSR count). The molecule has 0 amide bonds. The molecule has 0 fully saturated rings. The van der Waals surface area contributed by atoms with Crippen molar-refractivity contribution in [3.8, 4) is 44.9 Å². The Balaban J connectivity index is 0.00000498. The van der Waals surface area contributed by atoms with Crippen LogP contribution < -0.4 is 4.90 Å². The zero-order chi connectivity index (χ0) is 43.4. The molecule has 0 unspecified atom stereocenters. The van der Waals surface area contributed by atoms with Crippen molar-refractivity contribution in [2.45, 2.75) is 6.92 Å². The Bertz CT molecular complexity index is 3470. The second-order valence-electron chi connectivity index (χ2n) is 15.2. The number of anilines is 3. The molecule has 0 saturated carbocycles. The van der Waals surface area contributed by atoms with Gasteiger partial charge in [-0.25, -0.2) is 14.1 Å². The Morgan fingerprint density at radius 3 is 1.92 bits per heavy atom. The van der Waals surface area contributed by atoms with Gasteiger partial charge in [0, 0.05) is 72.8 Å². The van der Waals surface area contributed by atoms with E-state index in [2.05, 4.69) is 174 Å². The summed E-state index contributed by atoms with van der Waals surface area (Å²) in [7, 11) is 0. The van der Waals surface area contributed by atoms with Crippen LogP contribution in [-0.4, -0.2) is 18.7 Å². The molecular formula is C56H40N5Pt-. The van der Waals surface area contributed by atoms with Crippen molar-refractivity contribution in [3.05, 3.63) is 224 Å². The van der Waals surface area contributed by atoms with Gasteiger partial charge in [-0.3, -0.25) is 0 Å². The zero-order valence-corrected chi connectivity index (χ0v) is 36.0. The average molecular weight is 981 g/mol. The molecular weight excluding hydrogens is 938 g/mol. The maximum atomic E-state index is 8.38. The SMILES string of the molecule is [2H]C([2H])([2H])n1[cH+]n(-c2[c-]c(N(c3[c-]c4c(cc3)c3ccccc3n4-c3cc(-c4ccccc4C)ccn3)c3c(-c4ccccc4)cccc3-c3ccccc3)ccc2)c2ccccc21.[Pt]. The standard InChI is InChI=1S/C56H40N5.Pt/c1-39-17-9-10-24-46(39)42-33-34-57-55(35-42)61-51-28-12-11-25-49(51)50-32-31-45(37-54(50)61)60(44-23-15-22-43(36-44)59-38-58(2)52-29-13-14-30-53(52)59)56-47(40-18-5-3-6-19-40)26-16-27-48(56)41-20-7-4-8-21-41;/h3-35,38H,1-2H3;/q-1;/i2D3;. The minimum absolute atomic E-state index is 0. The Kier molecular flexibility index (Phi) is 9.29. The number of aromatic nitrogens is 4. The topological polar surface area (TPSA) is 30.9 Å². The third-order valence-corrected chi connectivity index (χ3v) is 11.6. The van der Waals surface area contributed by atoms with Gasteiger partial charge >= 0.3 is 0 Å². The molecule has 5 nitrogen and oxygen atoms in total. The van der Waals surface area contributed by atoms with Crippen LogP contribution in [-0.2, 0) is 28.0 Å². The number of aryl methyl sites for hydroxylation is 2. The van der Waals surface area contributed by atoms with E-state index in [0.717, 1.165) is 83.6 Å². The van der Waals surface area contributed by atoms with E-state index in [1.54, 1.807) is 6.33 Å². The van der Waals surface area contributed by atoms with E-state index >= 15 is 0 Å². The zero-order valence-electron chi connectivity index (χ0n) is 36.7. The van der Waals surface area contributed by atoms with Crippen molar-refractivity contribution in [1.82, 2.24) is 18.7 Å². The molecule has 62 heavy (non-hydrogen) atoms. The third-order valence-electron chi connectivity index (χ3n) is 11.6. The number of benzene rings is 8. The summed E-state index contributed by atoms with van der Waals surface area (Å²) in [6.45, 7) is -0.248. The predicted octanol–water partition coefficient (Wildman–Crippen LogP) is 14.1. The van der Waals surface area contributed by atoms with Gasteiger partial charge < -0.3 is 9.47 Å². The van der Waals surface area contributed by atoms with E-state index in [1.807, 2.05) is 59.3 Å². The fourth-order valence-corrected chi connectivity index (χ4v) is 8.73. The van der Waals surface area contributed by atoms with E-state index in [9.17, 15) is 0 Å². The molecule has 8 aromatic carbocycles. The molecule has 300 valence electrons.